The lowest BCUT2D eigenvalue weighted by molar-refractivity contribution is -0.140. The number of hydrogen-bond donors (Lipinski definition) is 0. The molecule has 1 saturated carbocycles. The third-order valence-electron chi connectivity index (χ3n) is 4.31. The van der Waals surface area contributed by atoms with E-state index in [0.29, 0.717) is 5.92 Å². The Morgan fingerprint density at radius 3 is 2.05 bits per heavy atom. The number of ether oxygens (including phenoxy) is 1. The Hall–Kier alpha value is -0.573. The minimum Gasteiger partial charge on any atom is -0.469 e. The van der Waals surface area contributed by atoms with Crippen LogP contribution in [0, 0.1) is 11.3 Å². The Labute approximate surface area is 132 Å². The van der Waals surface area contributed by atoms with E-state index >= 15 is 0 Å². The minimum absolute atomic E-state index is 0.00447. The molecule has 0 saturated heterocycles. The van der Waals surface area contributed by atoms with Gasteiger partial charge < -0.3 is 4.74 Å². The summed E-state index contributed by atoms with van der Waals surface area (Å²) >= 11 is 0. The van der Waals surface area contributed by atoms with Crippen molar-refractivity contribution in [1.82, 2.24) is 0 Å². The van der Waals surface area contributed by atoms with Crippen molar-refractivity contribution in [2.24, 2.45) is 11.3 Å². The van der Waals surface area contributed by atoms with E-state index in [9.17, 15) is 4.79 Å². The van der Waals surface area contributed by atoms with E-state index in [2.05, 4.69) is 46.5 Å². The van der Waals surface area contributed by atoms with Crippen molar-refractivity contribution in [2.75, 3.05) is 7.11 Å². The first kappa shape index (κ1) is 18.5. The zero-order chi connectivity index (χ0) is 16.3. The SMILES string of the molecule is COC(=O)C(/C(=C\C(C)(C)C)C1CCCCC1)[Si](C)(C)C. The third kappa shape index (κ3) is 5.61. The highest BCUT2D eigenvalue weighted by Crippen LogP contribution is 2.43. The molecule has 0 bridgehead atoms. The summed E-state index contributed by atoms with van der Waals surface area (Å²) < 4.78 is 5.18. The summed E-state index contributed by atoms with van der Waals surface area (Å²) in [6, 6.07) is 0. The van der Waals surface area contributed by atoms with Crippen LogP contribution >= 0.6 is 0 Å². The number of rotatable bonds is 4. The predicted octanol–water partition coefficient (Wildman–Crippen LogP) is 5.42. The van der Waals surface area contributed by atoms with Gasteiger partial charge in [-0.1, -0.05) is 71.3 Å². The van der Waals surface area contributed by atoms with Crippen molar-refractivity contribution in [2.45, 2.75) is 78.1 Å². The molecule has 1 aliphatic carbocycles. The summed E-state index contributed by atoms with van der Waals surface area (Å²) in [5, 5.41) is 0. The summed E-state index contributed by atoms with van der Waals surface area (Å²) in [6.45, 7) is 13.5. The number of esters is 1. The van der Waals surface area contributed by atoms with Crippen LogP contribution in [0.4, 0.5) is 0 Å². The second-order valence-electron chi connectivity index (χ2n) is 8.67. The molecular formula is C18H34O2Si. The van der Waals surface area contributed by atoms with E-state index in [-0.39, 0.29) is 16.9 Å². The lowest BCUT2D eigenvalue weighted by Gasteiger charge is -2.36. The van der Waals surface area contributed by atoms with Gasteiger partial charge in [-0.15, -0.1) is 0 Å². The first-order chi connectivity index (χ1) is 9.56. The van der Waals surface area contributed by atoms with Gasteiger partial charge in [0.2, 0.25) is 0 Å². The van der Waals surface area contributed by atoms with Gasteiger partial charge in [-0.3, -0.25) is 4.79 Å². The standard InChI is InChI=1S/C18H34O2Si/c1-18(2,3)13-15(14-11-9-8-10-12-14)16(17(19)20-4)21(5,6)7/h13-14,16H,8-12H2,1-7H3/b15-13-. The molecule has 0 radical (unpaired) electrons. The van der Waals surface area contributed by atoms with Crippen molar-refractivity contribution < 1.29 is 9.53 Å². The van der Waals surface area contributed by atoms with Crippen LogP contribution in [-0.2, 0) is 9.53 Å². The Morgan fingerprint density at radius 2 is 1.67 bits per heavy atom. The molecule has 0 aromatic heterocycles. The maximum atomic E-state index is 12.5. The van der Waals surface area contributed by atoms with Gasteiger partial charge in [0.1, 0.15) is 0 Å². The maximum absolute atomic E-state index is 12.5. The van der Waals surface area contributed by atoms with E-state index in [0.717, 1.165) is 0 Å². The van der Waals surface area contributed by atoms with Crippen molar-refractivity contribution >= 4 is 14.0 Å². The topological polar surface area (TPSA) is 26.3 Å². The van der Waals surface area contributed by atoms with Gasteiger partial charge in [0, 0.05) is 0 Å². The van der Waals surface area contributed by atoms with Crippen LogP contribution in [0.15, 0.2) is 11.6 Å². The third-order valence-corrected chi connectivity index (χ3v) is 6.61. The Bertz CT molecular complexity index is 379. The zero-order valence-corrected chi connectivity index (χ0v) is 16.1. The molecule has 2 nitrogen and oxygen atoms in total. The number of hydrogen-bond acceptors (Lipinski definition) is 2. The Kier molecular flexibility index (Phi) is 6.27. The second kappa shape index (κ2) is 7.13. The van der Waals surface area contributed by atoms with Crippen molar-refractivity contribution in [3.8, 4) is 0 Å². The van der Waals surface area contributed by atoms with Crippen molar-refractivity contribution in [3.05, 3.63) is 11.6 Å². The molecule has 0 N–H and O–H groups in total. The lowest BCUT2D eigenvalue weighted by atomic mass is 9.79. The Balaban J connectivity index is 3.25. The molecular weight excluding hydrogens is 276 g/mol. The number of methoxy groups -OCH3 is 1. The highest BCUT2D eigenvalue weighted by molar-refractivity contribution is 6.81. The fourth-order valence-electron chi connectivity index (χ4n) is 3.48. The van der Waals surface area contributed by atoms with Gasteiger partial charge in [-0.2, -0.15) is 0 Å². The van der Waals surface area contributed by atoms with Crippen LogP contribution in [0.25, 0.3) is 0 Å². The average molecular weight is 311 g/mol. The fourth-order valence-corrected chi connectivity index (χ4v) is 5.62. The van der Waals surface area contributed by atoms with Gasteiger partial charge in [0.15, 0.2) is 0 Å². The molecule has 1 aliphatic rings. The molecule has 1 atom stereocenters. The number of carbonyl (C=O) groups excluding carboxylic acids is 1. The van der Waals surface area contributed by atoms with Gasteiger partial charge in [-0.25, -0.2) is 0 Å². The molecule has 0 amide bonds. The van der Waals surface area contributed by atoms with E-state index in [1.165, 1.54) is 44.8 Å². The summed E-state index contributed by atoms with van der Waals surface area (Å²) in [5.41, 5.74) is 1.50. The number of allylic oxidation sites excluding steroid dienone is 1. The van der Waals surface area contributed by atoms with Gasteiger partial charge in [0.25, 0.3) is 0 Å². The molecule has 122 valence electrons. The molecule has 1 fully saturated rings. The monoisotopic (exact) mass is 310 g/mol. The molecule has 0 aliphatic heterocycles. The highest BCUT2D eigenvalue weighted by atomic mass is 28.3. The van der Waals surface area contributed by atoms with Crippen LogP contribution in [0.3, 0.4) is 0 Å². The fraction of sp³-hybridized carbons (Fsp3) is 0.833. The summed E-state index contributed by atoms with van der Waals surface area (Å²) in [5.74, 6) is 0.559. The van der Waals surface area contributed by atoms with Gasteiger partial charge in [-0.05, 0) is 24.2 Å². The molecule has 3 heteroatoms. The van der Waals surface area contributed by atoms with Crippen LogP contribution in [0.5, 0.6) is 0 Å². The number of carbonyl (C=O) groups is 1. The summed E-state index contributed by atoms with van der Waals surface area (Å²) in [4.78, 5) is 12.5. The smallest absolute Gasteiger partial charge is 0.309 e. The van der Waals surface area contributed by atoms with Crippen LogP contribution in [0.2, 0.25) is 25.2 Å². The molecule has 1 unspecified atom stereocenters. The van der Waals surface area contributed by atoms with E-state index in [1.54, 1.807) is 0 Å². The maximum Gasteiger partial charge on any atom is 0.309 e. The molecule has 0 spiro atoms. The van der Waals surface area contributed by atoms with Gasteiger partial charge >= 0.3 is 5.97 Å². The van der Waals surface area contributed by atoms with E-state index in [1.807, 2.05) is 0 Å². The quantitative estimate of drug-likeness (QED) is 0.393. The zero-order valence-electron chi connectivity index (χ0n) is 15.1. The van der Waals surface area contributed by atoms with Crippen LogP contribution in [-0.4, -0.2) is 21.2 Å². The minimum atomic E-state index is -1.66. The summed E-state index contributed by atoms with van der Waals surface area (Å²) in [6.07, 6.45) is 8.79. The van der Waals surface area contributed by atoms with Crippen molar-refractivity contribution in [3.63, 3.8) is 0 Å². The second-order valence-corrected chi connectivity index (χ2v) is 14.0. The van der Waals surface area contributed by atoms with Crippen LogP contribution < -0.4 is 0 Å². The molecule has 1 rings (SSSR count). The van der Waals surface area contributed by atoms with E-state index in [4.69, 9.17) is 4.74 Å². The molecule has 0 aromatic rings. The highest BCUT2D eigenvalue weighted by Gasteiger charge is 2.40. The Morgan fingerprint density at radius 1 is 1.14 bits per heavy atom. The largest absolute Gasteiger partial charge is 0.469 e. The first-order valence-corrected chi connectivity index (χ1v) is 11.9. The molecule has 21 heavy (non-hydrogen) atoms. The molecule has 0 heterocycles. The lowest BCUT2D eigenvalue weighted by Crippen LogP contribution is -2.38. The van der Waals surface area contributed by atoms with Crippen molar-refractivity contribution in [1.29, 1.82) is 0 Å². The first-order valence-electron chi connectivity index (χ1n) is 8.37. The molecule has 0 aromatic carbocycles. The average Bonchev–Trinajstić information content (AvgIpc) is 2.35. The predicted molar refractivity (Wildman–Crippen MR) is 93.2 cm³/mol. The van der Waals surface area contributed by atoms with Gasteiger partial charge in [0.05, 0.1) is 20.7 Å². The van der Waals surface area contributed by atoms with Crippen LogP contribution in [0.1, 0.15) is 52.9 Å². The van der Waals surface area contributed by atoms with E-state index < -0.39 is 8.07 Å². The normalized spacial score (nSPS) is 20.2. The summed E-state index contributed by atoms with van der Waals surface area (Å²) in [7, 11) is -0.128.